The zero-order valence-corrected chi connectivity index (χ0v) is 42.7. The Morgan fingerprint density at radius 1 is 0.851 bits per heavy atom. The highest BCUT2D eigenvalue weighted by Crippen LogP contribution is 2.37. The largest absolute Gasteiger partial charge is 0.494 e. The molecule has 392 valence electrons. The number of pyridine rings is 1. The number of nitrogens with zero attached hydrogens (tertiary/aromatic N) is 5. The quantitative estimate of drug-likeness (QED) is 0.0315. The van der Waals surface area contributed by atoms with Crippen molar-refractivity contribution in [3.63, 3.8) is 0 Å². The number of imide groups is 1. The van der Waals surface area contributed by atoms with Gasteiger partial charge in [-0.05, 0) is 144 Å². The van der Waals surface area contributed by atoms with E-state index in [0.717, 1.165) is 59.5 Å². The Morgan fingerprint density at radius 2 is 1.61 bits per heavy atom. The van der Waals surface area contributed by atoms with Gasteiger partial charge in [0, 0.05) is 92.9 Å². The monoisotopic (exact) mass is 1010 g/mol. The summed E-state index contributed by atoms with van der Waals surface area (Å²) in [6, 6.07) is 23.5. The molecule has 0 spiro atoms. The van der Waals surface area contributed by atoms with Crippen molar-refractivity contribution in [2.24, 2.45) is 0 Å². The Labute approximate surface area is 431 Å². The van der Waals surface area contributed by atoms with E-state index in [4.69, 9.17) is 23.9 Å². The highest BCUT2D eigenvalue weighted by molar-refractivity contribution is 6.05. The first-order valence-corrected chi connectivity index (χ1v) is 25.6. The zero-order valence-electron chi connectivity index (χ0n) is 42.7. The van der Waals surface area contributed by atoms with Crippen molar-refractivity contribution in [1.82, 2.24) is 40.6 Å². The number of hydrogen-bond donors (Lipinski definition) is 5. The van der Waals surface area contributed by atoms with Crippen LogP contribution in [0.2, 0.25) is 0 Å². The summed E-state index contributed by atoms with van der Waals surface area (Å²) in [6.45, 7) is 12.3. The molecule has 3 aromatic carbocycles. The van der Waals surface area contributed by atoms with Gasteiger partial charge < -0.3 is 44.7 Å². The summed E-state index contributed by atoms with van der Waals surface area (Å²) in [5, 5.41) is 20.2. The van der Waals surface area contributed by atoms with Crippen LogP contribution in [-0.4, -0.2) is 124 Å². The first-order valence-electron chi connectivity index (χ1n) is 25.6. The lowest BCUT2D eigenvalue weighted by molar-refractivity contribution is -0.136. The van der Waals surface area contributed by atoms with Crippen molar-refractivity contribution < 1.29 is 42.9 Å². The van der Waals surface area contributed by atoms with E-state index < -0.39 is 23.1 Å². The molecule has 5 aromatic rings. The Bertz CT molecular complexity index is 2740. The summed E-state index contributed by atoms with van der Waals surface area (Å²) in [4.78, 5) is 75.9. The highest BCUT2D eigenvalue weighted by atomic mass is 16.6. The van der Waals surface area contributed by atoms with Crippen molar-refractivity contribution in [1.29, 1.82) is 0 Å². The van der Waals surface area contributed by atoms with Gasteiger partial charge in [-0.3, -0.25) is 34.6 Å². The molecule has 5 N–H and O–H groups in total. The van der Waals surface area contributed by atoms with Gasteiger partial charge in [0.2, 0.25) is 11.8 Å². The minimum Gasteiger partial charge on any atom is -0.494 e. The minimum absolute atomic E-state index is 0.185. The van der Waals surface area contributed by atoms with Gasteiger partial charge in [0.15, 0.2) is 11.6 Å². The first kappa shape index (κ1) is 52.9. The number of carbonyl (C=O) groups excluding carboxylic acids is 5. The van der Waals surface area contributed by atoms with Crippen LogP contribution in [0, 0.1) is 0 Å². The van der Waals surface area contributed by atoms with Crippen LogP contribution in [0.25, 0.3) is 11.4 Å². The third-order valence-electron chi connectivity index (χ3n) is 13.2. The topological polar surface area (TPSA) is 231 Å². The molecule has 5 amide bonds. The van der Waals surface area contributed by atoms with E-state index in [0.29, 0.717) is 101 Å². The van der Waals surface area contributed by atoms with Crippen molar-refractivity contribution in [3.8, 4) is 17.1 Å². The van der Waals surface area contributed by atoms with E-state index in [1.165, 1.54) is 0 Å². The van der Waals surface area contributed by atoms with Crippen molar-refractivity contribution >= 4 is 41.1 Å². The van der Waals surface area contributed by atoms with Gasteiger partial charge >= 0.3 is 6.09 Å². The number of amides is 5. The van der Waals surface area contributed by atoms with Crippen LogP contribution in [0.5, 0.6) is 5.75 Å². The van der Waals surface area contributed by atoms with Crippen molar-refractivity contribution in [2.75, 3.05) is 63.3 Å². The number of unbranched alkanes of at least 4 members (excludes halogenated alkanes) is 2. The number of carbonyl (C=O) groups is 5. The number of hydrogen-bond acceptors (Lipinski definition) is 14. The van der Waals surface area contributed by atoms with E-state index in [9.17, 15) is 24.0 Å². The molecular weight excluding hydrogens is 945 g/mol. The summed E-state index contributed by atoms with van der Waals surface area (Å²) in [5.74, 6) is 0.785. The van der Waals surface area contributed by atoms with E-state index >= 15 is 0 Å². The third-order valence-corrected chi connectivity index (χ3v) is 13.2. The second-order valence-electron chi connectivity index (χ2n) is 20.0. The number of ether oxygens (including phenoxy) is 4. The lowest BCUT2D eigenvalue weighted by Crippen LogP contribution is -2.52. The normalized spacial score (nSPS) is 16.8. The lowest BCUT2D eigenvalue weighted by atomic mass is 9.86. The Hall–Kier alpha value is -7.38. The molecule has 0 aliphatic carbocycles. The molecule has 2 aromatic heterocycles. The maximum atomic E-state index is 13.7. The molecule has 3 aliphatic rings. The predicted octanol–water partition coefficient (Wildman–Crippen LogP) is 7.54. The number of H-pyrrole nitrogens is 1. The van der Waals surface area contributed by atoms with Crippen LogP contribution in [-0.2, 0) is 35.9 Å². The van der Waals surface area contributed by atoms with Crippen molar-refractivity contribution in [2.45, 2.75) is 109 Å². The van der Waals surface area contributed by atoms with Gasteiger partial charge in [0.05, 0.1) is 19.3 Å². The average Bonchev–Trinajstić information content (AvgIpc) is 4.02. The van der Waals surface area contributed by atoms with Gasteiger partial charge in [0.1, 0.15) is 22.9 Å². The third kappa shape index (κ3) is 14.0. The molecule has 74 heavy (non-hydrogen) atoms. The zero-order chi connectivity index (χ0) is 52.1. The number of fused-ring (bicyclic) bond motifs is 1. The minimum atomic E-state index is -0.723. The van der Waals surface area contributed by atoms with Crippen molar-refractivity contribution in [3.05, 3.63) is 119 Å². The standard InChI is InChI=1S/C55H68N10O9/c1-37(58-49(67)40-12-8-13-43(33-40)61-55(21-26-64(27-22-55)53(70)74-54(2,3)4)52-60-48(62-63-52)38-19-23-56-24-20-38)39-11-9-14-44(35-39)73-31-7-5-6-28-71-29-10-30-72-32-25-57-42-15-16-45-41(34-42)36-65(51(45)69)46-17-18-47(66)59-50(46)68/h8-9,11-16,19-20,23-24,33-35,37,46,57,61H,5-7,10,17-18,21-22,25-32,36H2,1-4H3,(H,58,67)(H,59,66,68)(H,60,62,63). The smallest absolute Gasteiger partial charge is 0.410 e. The number of likely N-dealkylation sites (tertiary alicyclic amines) is 1. The number of aromatic amines is 1. The Balaban J connectivity index is 0.711. The maximum absolute atomic E-state index is 13.7. The van der Waals surface area contributed by atoms with Crippen LogP contribution in [0.3, 0.4) is 0 Å². The molecule has 0 saturated carbocycles. The number of rotatable bonds is 23. The fourth-order valence-electron chi connectivity index (χ4n) is 9.27. The molecule has 3 aliphatic heterocycles. The van der Waals surface area contributed by atoms with Crippen LogP contribution in [0.1, 0.15) is 123 Å². The number of piperidine rings is 2. The highest BCUT2D eigenvalue weighted by Gasteiger charge is 2.42. The van der Waals surface area contributed by atoms with Crippen LogP contribution in [0.4, 0.5) is 16.2 Å². The fourth-order valence-corrected chi connectivity index (χ4v) is 9.27. The van der Waals surface area contributed by atoms with Gasteiger partial charge in [-0.15, -0.1) is 0 Å². The molecule has 2 unspecified atom stereocenters. The van der Waals surface area contributed by atoms with E-state index in [2.05, 4.69) is 36.4 Å². The molecule has 0 bridgehead atoms. The summed E-state index contributed by atoms with van der Waals surface area (Å²) >= 11 is 0. The van der Waals surface area contributed by atoms with E-state index in [-0.39, 0.29) is 36.3 Å². The number of benzene rings is 3. The molecule has 8 rings (SSSR count). The summed E-state index contributed by atoms with van der Waals surface area (Å²) in [7, 11) is 0. The predicted molar refractivity (Wildman–Crippen MR) is 277 cm³/mol. The number of aromatic nitrogens is 4. The average molecular weight is 1010 g/mol. The van der Waals surface area contributed by atoms with Gasteiger partial charge in [0.25, 0.3) is 11.8 Å². The second kappa shape index (κ2) is 24.6. The molecule has 2 saturated heterocycles. The lowest BCUT2D eigenvalue weighted by Gasteiger charge is -2.41. The molecule has 19 heteroatoms. The second-order valence-corrected chi connectivity index (χ2v) is 20.0. The number of anilines is 2. The van der Waals surface area contributed by atoms with Crippen LogP contribution in [0.15, 0.2) is 91.3 Å². The summed E-state index contributed by atoms with van der Waals surface area (Å²) in [5.41, 5.74) is 3.94. The van der Waals surface area contributed by atoms with Crippen LogP contribution >= 0.6 is 0 Å². The Morgan fingerprint density at radius 3 is 2.39 bits per heavy atom. The van der Waals surface area contributed by atoms with Gasteiger partial charge in [-0.25, -0.2) is 9.78 Å². The molecule has 0 radical (unpaired) electrons. The summed E-state index contributed by atoms with van der Waals surface area (Å²) < 4.78 is 23.4. The summed E-state index contributed by atoms with van der Waals surface area (Å²) in [6.07, 6.45) is 8.19. The van der Waals surface area contributed by atoms with Gasteiger partial charge in [-0.2, -0.15) is 5.10 Å². The number of nitrogens with one attached hydrogen (secondary N) is 5. The first-order chi connectivity index (χ1) is 35.7. The molecular formula is C55H68N10O9. The molecule has 5 heterocycles. The Kier molecular flexibility index (Phi) is 17.6. The molecule has 2 atom stereocenters. The van der Waals surface area contributed by atoms with Gasteiger partial charge in [-0.1, -0.05) is 18.2 Å². The molecule has 19 nitrogen and oxygen atoms in total. The SMILES string of the molecule is CC(NC(=O)c1cccc(NC2(c3nc(-c4ccncc4)n[nH]3)CCN(C(=O)OC(C)(C)C)CC2)c1)c1cccc(OCCCCCOCCCOCCNc2ccc3c(c2)CN(C2CCC(=O)NC2=O)C3=O)c1. The fraction of sp³-hybridized carbons (Fsp3) is 0.455. The van der Waals surface area contributed by atoms with Crippen LogP contribution < -0.4 is 26.0 Å². The van der Waals surface area contributed by atoms with E-state index in [1.807, 2.05) is 94.4 Å². The maximum Gasteiger partial charge on any atom is 0.410 e. The van der Waals surface area contributed by atoms with E-state index in [1.54, 1.807) is 34.3 Å². The molecule has 2 fully saturated rings.